The molecule has 0 amide bonds. The molecule has 2 aromatic carbocycles. The lowest BCUT2D eigenvalue weighted by atomic mass is 10.1. The van der Waals surface area contributed by atoms with Crippen molar-refractivity contribution in [3.05, 3.63) is 83.7 Å². The summed E-state index contributed by atoms with van der Waals surface area (Å²) in [6.07, 6.45) is 3.09. The van der Waals surface area contributed by atoms with Crippen molar-refractivity contribution in [2.75, 3.05) is 0 Å². The monoisotopic (exact) mass is 398 g/mol. The van der Waals surface area contributed by atoms with E-state index in [4.69, 9.17) is 16.0 Å². The van der Waals surface area contributed by atoms with Gasteiger partial charge in [-0.05, 0) is 23.3 Å². The molecule has 0 fully saturated rings. The van der Waals surface area contributed by atoms with Crippen molar-refractivity contribution < 1.29 is 12.8 Å². The Labute approximate surface area is 161 Å². The second-order valence-electron chi connectivity index (χ2n) is 5.99. The van der Waals surface area contributed by atoms with Crippen molar-refractivity contribution in [1.82, 2.24) is 9.71 Å². The molecule has 0 saturated heterocycles. The minimum absolute atomic E-state index is 0.180. The SMILES string of the molecule is O=S(=O)(NCc1ccccc1)c1cccc(-c2coc3cc(Cl)cnc23)c1. The summed E-state index contributed by atoms with van der Waals surface area (Å²) < 4.78 is 33.5. The van der Waals surface area contributed by atoms with Crippen LogP contribution in [0.1, 0.15) is 5.56 Å². The maximum absolute atomic E-state index is 12.7. The van der Waals surface area contributed by atoms with Gasteiger partial charge in [-0.2, -0.15) is 0 Å². The Hall–Kier alpha value is -2.67. The molecule has 0 aliphatic heterocycles. The summed E-state index contributed by atoms with van der Waals surface area (Å²) >= 11 is 5.93. The van der Waals surface area contributed by atoms with E-state index in [1.807, 2.05) is 36.4 Å². The fourth-order valence-electron chi connectivity index (χ4n) is 2.78. The van der Waals surface area contributed by atoms with Crippen molar-refractivity contribution >= 4 is 32.7 Å². The quantitative estimate of drug-likeness (QED) is 0.532. The lowest BCUT2D eigenvalue weighted by Gasteiger charge is -2.08. The molecule has 2 aromatic heterocycles. The normalized spacial score (nSPS) is 11.7. The Balaban J connectivity index is 1.65. The number of nitrogens with zero attached hydrogens (tertiary/aromatic N) is 1. The second-order valence-corrected chi connectivity index (χ2v) is 8.19. The Morgan fingerprint density at radius 2 is 1.85 bits per heavy atom. The molecule has 2 heterocycles. The number of furan rings is 1. The third-order valence-electron chi connectivity index (χ3n) is 4.14. The van der Waals surface area contributed by atoms with Crippen molar-refractivity contribution in [3.8, 4) is 11.1 Å². The highest BCUT2D eigenvalue weighted by molar-refractivity contribution is 7.89. The van der Waals surface area contributed by atoms with E-state index in [2.05, 4.69) is 9.71 Å². The zero-order valence-electron chi connectivity index (χ0n) is 14.1. The van der Waals surface area contributed by atoms with Crippen LogP contribution in [-0.4, -0.2) is 13.4 Å². The van der Waals surface area contributed by atoms with Crippen LogP contribution in [0.2, 0.25) is 5.02 Å². The Kier molecular flexibility index (Phi) is 4.70. The van der Waals surface area contributed by atoms with Crippen LogP contribution in [0.25, 0.3) is 22.2 Å². The van der Waals surface area contributed by atoms with E-state index in [0.717, 1.165) is 5.56 Å². The summed E-state index contributed by atoms with van der Waals surface area (Å²) in [5.41, 5.74) is 3.48. The minimum Gasteiger partial charge on any atom is -0.462 e. The van der Waals surface area contributed by atoms with Crippen LogP contribution in [0.5, 0.6) is 0 Å². The zero-order valence-corrected chi connectivity index (χ0v) is 15.7. The van der Waals surface area contributed by atoms with Crippen LogP contribution in [0.4, 0.5) is 0 Å². The Morgan fingerprint density at radius 1 is 1.04 bits per heavy atom. The van der Waals surface area contributed by atoms with Crippen LogP contribution in [0.3, 0.4) is 0 Å². The number of aromatic nitrogens is 1. The molecule has 4 rings (SSSR count). The average Bonchev–Trinajstić information content (AvgIpc) is 3.10. The first-order chi connectivity index (χ1) is 13.0. The summed E-state index contributed by atoms with van der Waals surface area (Å²) in [6, 6.07) is 17.7. The summed E-state index contributed by atoms with van der Waals surface area (Å²) in [4.78, 5) is 4.47. The minimum atomic E-state index is -3.65. The lowest BCUT2D eigenvalue weighted by Crippen LogP contribution is -2.23. The highest BCUT2D eigenvalue weighted by Gasteiger charge is 2.16. The number of fused-ring (bicyclic) bond motifs is 1. The van der Waals surface area contributed by atoms with E-state index < -0.39 is 10.0 Å². The lowest BCUT2D eigenvalue weighted by molar-refractivity contribution is 0.581. The summed E-state index contributed by atoms with van der Waals surface area (Å²) in [5.74, 6) is 0. The smallest absolute Gasteiger partial charge is 0.240 e. The first kappa shape index (κ1) is 17.7. The molecular formula is C20H15ClN2O3S. The molecule has 0 radical (unpaired) electrons. The molecule has 1 N–H and O–H groups in total. The van der Waals surface area contributed by atoms with Gasteiger partial charge in [0, 0.05) is 24.4 Å². The van der Waals surface area contributed by atoms with E-state index in [1.165, 1.54) is 6.20 Å². The zero-order chi connectivity index (χ0) is 18.9. The van der Waals surface area contributed by atoms with Crippen molar-refractivity contribution in [1.29, 1.82) is 0 Å². The highest BCUT2D eigenvalue weighted by Crippen LogP contribution is 2.31. The fraction of sp³-hybridized carbons (Fsp3) is 0.0500. The predicted octanol–water partition coefficient (Wildman–Crippen LogP) is 4.63. The van der Waals surface area contributed by atoms with Gasteiger partial charge < -0.3 is 4.42 Å². The molecule has 0 unspecified atom stereocenters. The van der Waals surface area contributed by atoms with E-state index in [1.54, 1.807) is 30.5 Å². The molecule has 7 heteroatoms. The Morgan fingerprint density at radius 3 is 2.67 bits per heavy atom. The third kappa shape index (κ3) is 3.73. The maximum Gasteiger partial charge on any atom is 0.240 e. The van der Waals surface area contributed by atoms with Crippen molar-refractivity contribution in [2.45, 2.75) is 11.4 Å². The first-order valence-electron chi connectivity index (χ1n) is 8.20. The molecule has 0 bridgehead atoms. The van der Waals surface area contributed by atoms with Crippen molar-refractivity contribution in [3.63, 3.8) is 0 Å². The van der Waals surface area contributed by atoms with Gasteiger partial charge in [-0.25, -0.2) is 13.1 Å². The number of rotatable bonds is 5. The molecule has 0 saturated carbocycles. The van der Waals surface area contributed by atoms with Crippen LogP contribution in [0.15, 0.2) is 82.4 Å². The molecule has 0 aliphatic rings. The number of sulfonamides is 1. The van der Waals surface area contributed by atoms with Gasteiger partial charge in [0.15, 0.2) is 5.58 Å². The number of pyridine rings is 1. The average molecular weight is 399 g/mol. The van der Waals surface area contributed by atoms with Crippen LogP contribution >= 0.6 is 11.6 Å². The number of nitrogens with one attached hydrogen (secondary N) is 1. The van der Waals surface area contributed by atoms with Crippen LogP contribution < -0.4 is 4.72 Å². The topological polar surface area (TPSA) is 72.2 Å². The molecule has 0 atom stereocenters. The van der Waals surface area contributed by atoms with Gasteiger partial charge in [0.05, 0.1) is 9.92 Å². The van der Waals surface area contributed by atoms with Crippen molar-refractivity contribution in [2.24, 2.45) is 0 Å². The van der Waals surface area contributed by atoms with Gasteiger partial charge in [0.25, 0.3) is 0 Å². The van der Waals surface area contributed by atoms with Crippen LogP contribution in [0, 0.1) is 0 Å². The Bertz CT molecular complexity index is 1200. The first-order valence-corrected chi connectivity index (χ1v) is 10.1. The number of hydrogen-bond donors (Lipinski definition) is 1. The van der Waals surface area contributed by atoms with Gasteiger partial charge in [0.2, 0.25) is 10.0 Å². The molecule has 0 aliphatic carbocycles. The molecule has 27 heavy (non-hydrogen) atoms. The number of halogens is 1. The standard InChI is InChI=1S/C20H15ClN2O3S/c21-16-10-19-20(22-12-16)18(13-26-19)15-7-4-8-17(9-15)27(24,25)23-11-14-5-2-1-3-6-14/h1-10,12-13,23H,11H2. The van der Waals surface area contributed by atoms with Gasteiger partial charge in [0.1, 0.15) is 11.8 Å². The highest BCUT2D eigenvalue weighted by atomic mass is 35.5. The molecule has 4 aromatic rings. The third-order valence-corrected chi connectivity index (χ3v) is 5.75. The number of benzene rings is 2. The molecule has 0 spiro atoms. The van der Waals surface area contributed by atoms with Crippen LogP contribution in [-0.2, 0) is 16.6 Å². The number of hydrogen-bond acceptors (Lipinski definition) is 4. The van der Waals surface area contributed by atoms with E-state index in [0.29, 0.717) is 27.2 Å². The van der Waals surface area contributed by atoms with Gasteiger partial charge in [-0.3, -0.25) is 4.98 Å². The summed E-state index contributed by atoms with van der Waals surface area (Å²) in [6.45, 7) is 0.224. The van der Waals surface area contributed by atoms with E-state index in [-0.39, 0.29) is 11.4 Å². The van der Waals surface area contributed by atoms with Gasteiger partial charge >= 0.3 is 0 Å². The largest absolute Gasteiger partial charge is 0.462 e. The second kappa shape index (κ2) is 7.15. The van der Waals surface area contributed by atoms with E-state index in [9.17, 15) is 8.42 Å². The fourth-order valence-corrected chi connectivity index (χ4v) is 4.00. The van der Waals surface area contributed by atoms with Gasteiger partial charge in [-0.1, -0.05) is 54.1 Å². The van der Waals surface area contributed by atoms with E-state index >= 15 is 0 Å². The molecule has 136 valence electrons. The summed E-state index contributed by atoms with van der Waals surface area (Å²) in [5, 5.41) is 0.477. The predicted molar refractivity (Wildman–Crippen MR) is 105 cm³/mol. The maximum atomic E-state index is 12.7. The molecule has 5 nitrogen and oxygen atoms in total. The summed E-state index contributed by atoms with van der Waals surface area (Å²) in [7, 11) is -3.65. The molecular weight excluding hydrogens is 384 g/mol. The van der Waals surface area contributed by atoms with Gasteiger partial charge in [-0.15, -0.1) is 0 Å².